The maximum Gasteiger partial charge on any atom is 0.0845 e. The van der Waals surface area contributed by atoms with Crippen molar-refractivity contribution >= 4 is 11.3 Å². The summed E-state index contributed by atoms with van der Waals surface area (Å²) < 4.78 is 5.06. The van der Waals surface area contributed by atoms with Crippen LogP contribution in [0.2, 0.25) is 0 Å². The molecule has 1 aromatic heterocycles. The molecule has 1 rings (SSSR count). The van der Waals surface area contributed by atoms with E-state index in [9.17, 15) is 0 Å². The number of hydrogen-bond donors (Lipinski definition) is 0. The van der Waals surface area contributed by atoms with Crippen molar-refractivity contribution in [2.75, 3.05) is 6.61 Å². The lowest BCUT2D eigenvalue weighted by Gasteiger charge is -1.91. The molecule has 0 aliphatic carbocycles. The third kappa shape index (κ3) is 3.23. The monoisotopic (exact) mass is 168 g/mol. The van der Waals surface area contributed by atoms with Crippen LogP contribution < -0.4 is 0 Å². The van der Waals surface area contributed by atoms with E-state index in [1.807, 2.05) is 13.0 Å². The molecule has 1 aromatic rings. The van der Waals surface area contributed by atoms with Gasteiger partial charge in [-0.25, -0.2) is 0 Å². The molecule has 0 radical (unpaired) electrons. The summed E-state index contributed by atoms with van der Waals surface area (Å²) in [6.45, 7) is 2.73. The molecule has 0 unspecified atom stereocenters. The fourth-order valence-electron chi connectivity index (χ4n) is 0.757. The predicted molar refractivity (Wildman–Crippen MR) is 48.8 cm³/mol. The van der Waals surface area contributed by atoms with Gasteiger partial charge in [-0.05, 0) is 24.4 Å². The van der Waals surface area contributed by atoms with E-state index in [4.69, 9.17) is 4.74 Å². The minimum absolute atomic E-state index is 0.751. The van der Waals surface area contributed by atoms with E-state index in [1.54, 1.807) is 17.6 Å². The molecule has 11 heavy (non-hydrogen) atoms. The largest absolute Gasteiger partial charge is 0.502 e. The van der Waals surface area contributed by atoms with Gasteiger partial charge in [-0.3, -0.25) is 0 Å². The van der Waals surface area contributed by atoms with Crippen LogP contribution in [0.3, 0.4) is 0 Å². The van der Waals surface area contributed by atoms with Gasteiger partial charge in [0.1, 0.15) is 0 Å². The Morgan fingerprint density at radius 1 is 1.64 bits per heavy atom. The highest BCUT2D eigenvalue weighted by atomic mass is 32.1. The molecule has 0 saturated heterocycles. The van der Waals surface area contributed by atoms with Gasteiger partial charge in [-0.15, -0.1) is 11.3 Å². The number of thiophene rings is 1. The lowest BCUT2D eigenvalue weighted by atomic mass is 10.3. The molecular weight excluding hydrogens is 156 g/mol. The quantitative estimate of drug-likeness (QED) is 0.628. The second-order valence-electron chi connectivity index (χ2n) is 2.11. The summed E-state index contributed by atoms with van der Waals surface area (Å²) in [6.07, 6.45) is 4.78. The Morgan fingerprint density at radius 2 is 2.55 bits per heavy atom. The second kappa shape index (κ2) is 4.97. The van der Waals surface area contributed by atoms with Gasteiger partial charge in [0.25, 0.3) is 0 Å². The Balaban J connectivity index is 2.23. The molecule has 0 saturated carbocycles. The van der Waals surface area contributed by atoms with Crippen LogP contribution in [0.1, 0.15) is 11.8 Å². The first-order chi connectivity index (χ1) is 5.43. The average molecular weight is 168 g/mol. The summed E-state index contributed by atoms with van der Waals surface area (Å²) in [5, 5.41) is 2.09. The van der Waals surface area contributed by atoms with Crippen LogP contribution in [-0.4, -0.2) is 6.61 Å². The van der Waals surface area contributed by atoms with Crippen LogP contribution in [0.25, 0.3) is 0 Å². The molecule has 0 atom stereocenters. The minimum atomic E-state index is 0.751. The smallest absolute Gasteiger partial charge is 0.0845 e. The Morgan fingerprint density at radius 3 is 3.18 bits per heavy atom. The van der Waals surface area contributed by atoms with Crippen LogP contribution in [0.4, 0.5) is 0 Å². The van der Waals surface area contributed by atoms with E-state index < -0.39 is 0 Å². The molecule has 0 bridgehead atoms. The molecule has 0 spiro atoms. The Kier molecular flexibility index (Phi) is 3.76. The van der Waals surface area contributed by atoms with E-state index in [0.717, 1.165) is 13.0 Å². The maximum atomic E-state index is 5.06. The molecule has 0 N–H and O–H groups in total. The molecule has 0 fully saturated rings. The highest BCUT2D eigenvalue weighted by Crippen LogP contribution is 2.09. The molecule has 60 valence electrons. The SMILES string of the molecule is CCO/C=C/Cc1cccs1. The van der Waals surface area contributed by atoms with E-state index in [0.29, 0.717) is 0 Å². The zero-order valence-electron chi connectivity index (χ0n) is 6.62. The van der Waals surface area contributed by atoms with E-state index >= 15 is 0 Å². The van der Waals surface area contributed by atoms with Crippen molar-refractivity contribution in [3.63, 3.8) is 0 Å². The van der Waals surface area contributed by atoms with Gasteiger partial charge in [0.05, 0.1) is 12.9 Å². The van der Waals surface area contributed by atoms with E-state index in [1.165, 1.54) is 4.88 Å². The van der Waals surface area contributed by atoms with E-state index in [-0.39, 0.29) is 0 Å². The van der Waals surface area contributed by atoms with Gasteiger partial charge < -0.3 is 4.74 Å². The van der Waals surface area contributed by atoms with Crippen molar-refractivity contribution in [2.24, 2.45) is 0 Å². The van der Waals surface area contributed by atoms with Crippen LogP contribution in [-0.2, 0) is 11.2 Å². The fraction of sp³-hybridized carbons (Fsp3) is 0.333. The van der Waals surface area contributed by atoms with Crippen LogP contribution in [0.15, 0.2) is 29.9 Å². The summed E-state index contributed by atoms with van der Waals surface area (Å²) >= 11 is 1.77. The standard InChI is InChI=1S/C9H12OS/c1-2-10-7-3-5-9-6-4-8-11-9/h3-4,6-8H,2,5H2,1H3/b7-3+. The molecule has 0 aliphatic heterocycles. The van der Waals surface area contributed by atoms with Crippen molar-refractivity contribution in [1.29, 1.82) is 0 Å². The highest BCUT2D eigenvalue weighted by molar-refractivity contribution is 7.09. The maximum absolute atomic E-state index is 5.06. The molecule has 0 aromatic carbocycles. The summed E-state index contributed by atoms with van der Waals surface area (Å²) in [6, 6.07) is 4.19. The van der Waals surface area contributed by atoms with Crippen molar-refractivity contribution in [2.45, 2.75) is 13.3 Å². The lowest BCUT2D eigenvalue weighted by Crippen LogP contribution is -1.78. The van der Waals surface area contributed by atoms with Crippen molar-refractivity contribution in [3.8, 4) is 0 Å². The lowest BCUT2D eigenvalue weighted by molar-refractivity contribution is 0.268. The second-order valence-corrected chi connectivity index (χ2v) is 3.14. The third-order valence-corrected chi connectivity index (χ3v) is 2.16. The molecule has 1 nitrogen and oxygen atoms in total. The molecule has 1 heterocycles. The van der Waals surface area contributed by atoms with Crippen molar-refractivity contribution < 1.29 is 4.74 Å². The molecule has 2 heteroatoms. The number of allylic oxidation sites excluding steroid dienone is 1. The summed E-state index contributed by atoms with van der Waals surface area (Å²) in [5.41, 5.74) is 0. The predicted octanol–water partition coefficient (Wildman–Crippen LogP) is 2.84. The van der Waals surface area contributed by atoms with E-state index in [2.05, 4.69) is 17.5 Å². The average Bonchev–Trinajstić information content (AvgIpc) is 2.50. The summed E-state index contributed by atoms with van der Waals surface area (Å²) in [7, 11) is 0. The number of ether oxygens (including phenoxy) is 1. The van der Waals surface area contributed by atoms with Gasteiger partial charge in [0.2, 0.25) is 0 Å². The zero-order valence-corrected chi connectivity index (χ0v) is 7.43. The first-order valence-corrected chi connectivity index (χ1v) is 4.60. The highest BCUT2D eigenvalue weighted by Gasteiger charge is 1.86. The van der Waals surface area contributed by atoms with Crippen LogP contribution >= 0.6 is 11.3 Å². The zero-order chi connectivity index (χ0) is 7.94. The summed E-state index contributed by atoms with van der Waals surface area (Å²) in [5.74, 6) is 0. The van der Waals surface area contributed by atoms with Crippen LogP contribution in [0.5, 0.6) is 0 Å². The van der Waals surface area contributed by atoms with Crippen LogP contribution in [0, 0.1) is 0 Å². The first kappa shape index (κ1) is 8.34. The number of hydrogen-bond acceptors (Lipinski definition) is 2. The van der Waals surface area contributed by atoms with Crippen molar-refractivity contribution in [1.82, 2.24) is 0 Å². The Bertz CT molecular complexity index is 201. The summed E-state index contributed by atoms with van der Waals surface area (Å²) in [4.78, 5) is 1.38. The van der Waals surface area contributed by atoms with Gasteiger partial charge in [-0.1, -0.05) is 6.07 Å². The normalized spacial score (nSPS) is 10.6. The van der Waals surface area contributed by atoms with Gasteiger partial charge >= 0.3 is 0 Å². The fourth-order valence-corrected chi connectivity index (χ4v) is 1.44. The molecule has 0 aliphatic rings. The third-order valence-electron chi connectivity index (χ3n) is 1.26. The molecule has 0 amide bonds. The minimum Gasteiger partial charge on any atom is -0.502 e. The Hall–Kier alpha value is -0.760. The van der Waals surface area contributed by atoms with Crippen molar-refractivity contribution in [3.05, 3.63) is 34.7 Å². The van der Waals surface area contributed by atoms with Gasteiger partial charge in [-0.2, -0.15) is 0 Å². The van der Waals surface area contributed by atoms with Gasteiger partial charge in [0, 0.05) is 11.3 Å². The Labute approximate surface area is 71.3 Å². The molecular formula is C9H12OS. The van der Waals surface area contributed by atoms with Gasteiger partial charge in [0.15, 0.2) is 0 Å². The number of rotatable bonds is 4. The topological polar surface area (TPSA) is 9.23 Å². The first-order valence-electron chi connectivity index (χ1n) is 3.72.